The highest BCUT2D eigenvalue weighted by Crippen LogP contribution is 2.20. The Bertz CT molecular complexity index is 1300. The Labute approximate surface area is 258 Å². The van der Waals surface area contributed by atoms with Crippen LogP contribution in [0.3, 0.4) is 0 Å². The van der Waals surface area contributed by atoms with E-state index in [0.29, 0.717) is 18.4 Å². The van der Waals surface area contributed by atoms with Gasteiger partial charge >= 0.3 is 5.97 Å². The zero-order chi connectivity index (χ0) is 32.9. The quantitative estimate of drug-likeness (QED) is 0.0797. The standard InChI is InChI=1S/C28H39N9O8/c29-28(30)31-10-4-8-17-24(42)32-14-22(39)35-18(13-23(40)41)25(43)36-19(12-16-6-2-1-3-7-16)27(45)37-11-5-9-20(37)26(44)33-15-21(38)34-17/h1-3,6-7,17-20H,4-5,8-15H2,(H,32,42)(H,33,44)(H,34,38)(H,35,39)(H,36,43)(H,40,41)(H4,29,30,31)/t17-,18-,19-,20+/m0/s1. The molecule has 1 aromatic carbocycles. The molecule has 17 nitrogen and oxygen atoms in total. The summed E-state index contributed by atoms with van der Waals surface area (Å²) >= 11 is 0. The number of carbonyl (C=O) groups excluding carboxylic acids is 6. The van der Waals surface area contributed by atoms with Crippen LogP contribution in [0.25, 0.3) is 0 Å². The third-order valence-corrected chi connectivity index (χ3v) is 7.21. The van der Waals surface area contributed by atoms with Gasteiger partial charge in [0.05, 0.1) is 19.5 Å². The maximum atomic E-state index is 13.8. The largest absolute Gasteiger partial charge is 0.481 e. The first kappa shape index (κ1) is 34.3. The van der Waals surface area contributed by atoms with Crippen LogP contribution in [-0.2, 0) is 40.0 Å². The molecule has 0 aromatic heterocycles. The number of carbonyl (C=O) groups is 7. The van der Waals surface area contributed by atoms with Crippen molar-refractivity contribution in [2.75, 3.05) is 26.2 Å². The molecule has 45 heavy (non-hydrogen) atoms. The molecule has 0 unspecified atom stereocenters. The van der Waals surface area contributed by atoms with E-state index in [-0.39, 0.29) is 38.3 Å². The van der Waals surface area contributed by atoms with E-state index in [0.717, 1.165) is 0 Å². The maximum Gasteiger partial charge on any atom is 0.305 e. The SMILES string of the molecule is NC(N)=NCCC[C@@H]1NC(=O)CNC(=O)[C@H]2CCCN2C(=O)[C@H](Cc2ccccc2)NC(=O)[C@H](CC(=O)O)NC(=O)CNC1=O. The van der Waals surface area contributed by atoms with Crippen molar-refractivity contribution in [2.45, 2.75) is 62.7 Å². The molecule has 2 fully saturated rings. The lowest BCUT2D eigenvalue weighted by molar-refractivity contribution is -0.143. The van der Waals surface area contributed by atoms with Crippen molar-refractivity contribution in [1.82, 2.24) is 31.5 Å². The molecule has 10 N–H and O–H groups in total. The monoisotopic (exact) mass is 629 g/mol. The molecule has 2 saturated heterocycles. The van der Waals surface area contributed by atoms with Gasteiger partial charge in [-0.3, -0.25) is 38.6 Å². The summed E-state index contributed by atoms with van der Waals surface area (Å²) in [5, 5.41) is 21.7. The van der Waals surface area contributed by atoms with Crippen LogP contribution < -0.4 is 38.1 Å². The second-order valence-corrected chi connectivity index (χ2v) is 10.7. The number of nitrogens with one attached hydrogen (secondary N) is 5. The zero-order valence-electron chi connectivity index (χ0n) is 24.6. The first-order valence-corrected chi connectivity index (χ1v) is 14.5. The molecule has 244 valence electrons. The first-order valence-electron chi connectivity index (χ1n) is 14.5. The number of guanidine groups is 1. The molecular weight excluding hydrogens is 590 g/mol. The van der Waals surface area contributed by atoms with Crippen LogP contribution >= 0.6 is 0 Å². The number of carboxylic acid groups (broad SMARTS) is 1. The van der Waals surface area contributed by atoms with Crippen LogP contribution in [0.2, 0.25) is 0 Å². The molecule has 0 spiro atoms. The van der Waals surface area contributed by atoms with Gasteiger partial charge in [0.2, 0.25) is 35.4 Å². The van der Waals surface area contributed by atoms with Crippen LogP contribution in [0.15, 0.2) is 35.3 Å². The Morgan fingerprint density at radius 2 is 1.51 bits per heavy atom. The number of hydrogen-bond donors (Lipinski definition) is 8. The van der Waals surface area contributed by atoms with Gasteiger partial charge in [-0.25, -0.2) is 0 Å². The lowest BCUT2D eigenvalue weighted by Crippen LogP contribution is -2.59. The van der Waals surface area contributed by atoms with Gasteiger partial charge in [0.25, 0.3) is 0 Å². The number of benzene rings is 1. The molecule has 2 heterocycles. The molecule has 1 aromatic rings. The predicted molar refractivity (Wildman–Crippen MR) is 159 cm³/mol. The summed E-state index contributed by atoms with van der Waals surface area (Å²) in [6.45, 7) is -0.781. The van der Waals surface area contributed by atoms with Crippen molar-refractivity contribution in [3.05, 3.63) is 35.9 Å². The molecule has 2 aliphatic heterocycles. The number of fused-ring (bicyclic) bond motifs is 1. The molecule has 0 saturated carbocycles. The molecular formula is C28H39N9O8. The molecule has 0 radical (unpaired) electrons. The third-order valence-electron chi connectivity index (χ3n) is 7.21. The normalized spacial score (nSPS) is 23.7. The Kier molecular flexibility index (Phi) is 12.6. The number of aliphatic carboxylic acids is 1. The van der Waals surface area contributed by atoms with Crippen molar-refractivity contribution >= 4 is 47.4 Å². The van der Waals surface area contributed by atoms with Gasteiger partial charge in [-0.05, 0) is 31.2 Å². The third kappa shape index (κ3) is 10.8. The number of carboxylic acids is 1. The molecule has 6 amide bonds. The molecule has 4 atom stereocenters. The van der Waals surface area contributed by atoms with E-state index in [4.69, 9.17) is 11.5 Å². The fourth-order valence-electron chi connectivity index (χ4n) is 5.05. The zero-order valence-corrected chi connectivity index (χ0v) is 24.6. The second kappa shape index (κ2) is 16.6. The van der Waals surface area contributed by atoms with Crippen LogP contribution in [0.1, 0.15) is 37.7 Å². The van der Waals surface area contributed by atoms with Crippen molar-refractivity contribution < 1.29 is 38.7 Å². The van der Waals surface area contributed by atoms with Crippen molar-refractivity contribution in [2.24, 2.45) is 16.5 Å². The average molecular weight is 630 g/mol. The topological polar surface area (TPSA) is 268 Å². The maximum absolute atomic E-state index is 13.8. The van der Waals surface area contributed by atoms with Crippen molar-refractivity contribution in [1.29, 1.82) is 0 Å². The van der Waals surface area contributed by atoms with Crippen LogP contribution in [0.5, 0.6) is 0 Å². The summed E-state index contributed by atoms with van der Waals surface area (Å²) in [5.41, 5.74) is 11.3. The number of nitrogens with two attached hydrogens (primary N) is 2. The summed E-state index contributed by atoms with van der Waals surface area (Å²) in [7, 11) is 0. The van der Waals surface area contributed by atoms with E-state index in [1.807, 2.05) is 0 Å². The van der Waals surface area contributed by atoms with E-state index in [1.54, 1.807) is 30.3 Å². The number of hydrogen-bond acceptors (Lipinski definition) is 8. The minimum atomic E-state index is -1.59. The summed E-state index contributed by atoms with van der Waals surface area (Å²) in [6.07, 6.45) is 0.347. The summed E-state index contributed by atoms with van der Waals surface area (Å²) in [4.78, 5) is 95.4. The van der Waals surface area contributed by atoms with Gasteiger partial charge in [0, 0.05) is 19.5 Å². The second-order valence-electron chi connectivity index (χ2n) is 10.7. The minimum absolute atomic E-state index is 0.0209. The minimum Gasteiger partial charge on any atom is -0.481 e. The summed E-state index contributed by atoms with van der Waals surface area (Å²) in [5.74, 6) is -5.97. The Hall–Kier alpha value is -5.22. The van der Waals surface area contributed by atoms with Gasteiger partial charge in [-0.15, -0.1) is 0 Å². The Morgan fingerprint density at radius 1 is 0.867 bits per heavy atom. The lowest BCUT2D eigenvalue weighted by Gasteiger charge is -2.30. The number of rotatable bonds is 8. The summed E-state index contributed by atoms with van der Waals surface area (Å²) in [6, 6.07) is 3.87. The average Bonchev–Trinajstić information content (AvgIpc) is 3.49. The van der Waals surface area contributed by atoms with Gasteiger partial charge in [-0.1, -0.05) is 30.3 Å². The van der Waals surface area contributed by atoms with Gasteiger partial charge in [0.15, 0.2) is 5.96 Å². The smallest absolute Gasteiger partial charge is 0.305 e. The molecule has 17 heteroatoms. The highest BCUT2D eigenvalue weighted by atomic mass is 16.4. The molecule has 2 aliphatic rings. The van der Waals surface area contributed by atoms with E-state index < -0.39 is 85.1 Å². The molecule has 0 aliphatic carbocycles. The van der Waals surface area contributed by atoms with Crippen molar-refractivity contribution in [3.63, 3.8) is 0 Å². The van der Waals surface area contributed by atoms with E-state index >= 15 is 0 Å². The van der Waals surface area contributed by atoms with E-state index in [1.165, 1.54) is 4.90 Å². The van der Waals surface area contributed by atoms with Crippen LogP contribution in [0, 0.1) is 0 Å². The van der Waals surface area contributed by atoms with E-state index in [9.17, 15) is 38.7 Å². The van der Waals surface area contributed by atoms with Crippen LogP contribution in [-0.4, -0.2) is 108 Å². The fraction of sp³-hybridized carbons (Fsp3) is 0.500. The van der Waals surface area contributed by atoms with Crippen LogP contribution in [0.4, 0.5) is 0 Å². The molecule has 0 bridgehead atoms. The number of nitrogens with zero attached hydrogens (tertiary/aromatic N) is 2. The Morgan fingerprint density at radius 3 is 2.16 bits per heavy atom. The lowest BCUT2D eigenvalue weighted by atomic mass is 10.0. The van der Waals surface area contributed by atoms with Gasteiger partial charge in [0.1, 0.15) is 24.2 Å². The summed E-state index contributed by atoms with van der Waals surface area (Å²) < 4.78 is 0. The predicted octanol–water partition coefficient (Wildman–Crippen LogP) is -3.55. The highest BCUT2D eigenvalue weighted by molar-refractivity contribution is 5.98. The number of aliphatic imine (C=N–C) groups is 1. The Balaban J connectivity index is 1.89. The van der Waals surface area contributed by atoms with Gasteiger partial charge < -0.3 is 48.1 Å². The first-order chi connectivity index (χ1) is 21.4. The van der Waals surface area contributed by atoms with Crippen molar-refractivity contribution in [3.8, 4) is 0 Å². The number of amides is 6. The highest BCUT2D eigenvalue weighted by Gasteiger charge is 2.39. The fourth-order valence-corrected chi connectivity index (χ4v) is 5.05. The van der Waals surface area contributed by atoms with Gasteiger partial charge in [-0.2, -0.15) is 0 Å². The van der Waals surface area contributed by atoms with E-state index in [2.05, 4.69) is 31.6 Å². The molecule has 3 rings (SSSR count).